The van der Waals surface area contributed by atoms with E-state index in [1.165, 1.54) is 0 Å². The lowest BCUT2D eigenvalue weighted by Crippen LogP contribution is -2.42. The molecule has 18 heavy (non-hydrogen) atoms. The second-order valence-corrected chi connectivity index (χ2v) is 4.15. The van der Waals surface area contributed by atoms with Crippen molar-refractivity contribution in [2.75, 3.05) is 0 Å². The van der Waals surface area contributed by atoms with Crippen LogP contribution in [0.3, 0.4) is 0 Å². The Labute approximate surface area is 105 Å². The molecule has 0 saturated carbocycles. The van der Waals surface area contributed by atoms with E-state index >= 15 is 0 Å². The molecule has 1 aromatic heterocycles. The maximum Gasteiger partial charge on any atom is 0.424 e. The third kappa shape index (κ3) is 1.89. The molecule has 0 aliphatic carbocycles. The molecule has 0 N–H and O–H groups in total. The van der Waals surface area contributed by atoms with E-state index in [0.29, 0.717) is 5.56 Å². The minimum atomic E-state index is -0.0126. The highest BCUT2D eigenvalue weighted by Crippen LogP contribution is 2.10. The molecule has 3 aromatic rings. The average molecular weight is 234 g/mol. The number of hydrogen-bond donors (Lipinski definition) is 0. The van der Waals surface area contributed by atoms with Gasteiger partial charge in [-0.15, -0.1) is 4.57 Å². The Kier molecular flexibility index (Phi) is 2.61. The van der Waals surface area contributed by atoms with Crippen molar-refractivity contribution in [3.63, 3.8) is 0 Å². The first kappa shape index (κ1) is 10.7. The first-order chi connectivity index (χ1) is 8.84. The Hall–Kier alpha value is -2.48. The van der Waals surface area contributed by atoms with Crippen LogP contribution in [0.15, 0.2) is 73.1 Å². The van der Waals surface area contributed by atoms with Crippen molar-refractivity contribution in [3.8, 4) is 0 Å². The van der Waals surface area contributed by atoms with E-state index < -0.39 is 0 Å². The molecule has 2 aromatic carbocycles. The van der Waals surface area contributed by atoms with Crippen molar-refractivity contribution >= 4 is 16.7 Å². The van der Waals surface area contributed by atoms with Gasteiger partial charge in [0.05, 0.1) is 5.56 Å². The van der Waals surface area contributed by atoms with Crippen molar-refractivity contribution in [2.45, 2.75) is 0 Å². The monoisotopic (exact) mass is 234 g/mol. The molecule has 86 valence electrons. The lowest BCUT2D eigenvalue weighted by molar-refractivity contribution is -0.569. The number of hydrogen-bond acceptors (Lipinski definition) is 1. The van der Waals surface area contributed by atoms with Crippen LogP contribution in [0, 0.1) is 0 Å². The number of carbonyl (C=O) groups is 1. The third-order valence-corrected chi connectivity index (χ3v) is 2.94. The highest BCUT2D eigenvalue weighted by molar-refractivity contribution is 5.88. The molecule has 2 nitrogen and oxygen atoms in total. The zero-order valence-corrected chi connectivity index (χ0v) is 9.78. The van der Waals surface area contributed by atoms with E-state index in [1.807, 2.05) is 66.9 Å². The molecule has 0 amide bonds. The summed E-state index contributed by atoms with van der Waals surface area (Å²) in [7, 11) is 0. The Morgan fingerprint density at radius 2 is 1.44 bits per heavy atom. The van der Waals surface area contributed by atoms with Crippen molar-refractivity contribution in [1.29, 1.82) is 0 Å². The smallest absolute Gasteiger partial charge is 0.214 e. The summed E-state index contributed by atoms with van der Waals surface area (Å²) in [4.78, 5) is 12.3. The van der Waals surface area contributed by atoms with Crippen LogP contribution in [0.5, 0.6) is 0 Å². The average Bonchev–Trinajstić information content (AvgIpc) is 2.47. The molecule has 2 heteroatoms. The molecular formula is C16H12NO+. The van der Waals surface area contributed by atoms with Crippen molar-refractivity contribution in [1.82, 2.24) is 0 Å². The number of carbonyl (C=O) groups excluding carboxylic acids is 1. The maximum atomic E-state index is 12.3. The number of nitrogens with zero attached hydrogens (tertiary/aromatic N) is 1. The van der Waals surface area contributed by atoms with Gasteiger partial charge in [-0.2, -0.15) is 0 Å². The molecule has 0 unspecified atom stereocenters. The largest absolute Gasteiger partial charge is 0.424 e. The summed E-state index contributed by atoms with van der Waals surface area (Å²) >= 11 is 0. The Morgan fingerprint density at radius 1 is 0.778 bits per heavy atom. The number of fused-ring (bicyclic) bond motifs is 1. The van der Waals surface area contributed by atoms with Gasteiger partial charge in [0.25, 0.3) is 0 Å². The van der Waals surface area contributed by atoms with Gasteiger partial charge in [0.2, 0.25) is 0 Å². The predicted octanol–water partition coefficient (Wildman–Crippen LogP) is 2.82. The highest BCUT2D eigenvalue weighted by atomic mass is 16.2. The van der Waals surface area contributed by atoms with E-state index in [2.05, 4.69) is 0 Å². The van der Waals surface area contributed by atoms with Gasteiger partial charge in [0, 0.05) is 11.5 Å². The Bertz CT molecular complexity index is 704. The second kappa shape index (κ2) is 4.41. The third-order valence-electron chi connectivity index (χ3n) is 2.94. The van der Waals surface area contributed by atoms with Crippen LogP contribution >= 0.6 is 0 Å². The van der Waals surface area contributed by atoms with Gasteiger partial charge in [0.15, 0.2) is 12.4 Å². The molecule has 0 fully saturated rings. The van der Waals surface area contributed by atoms with Crippen molar-refractivity contribution in [3.05, 3.63) is 78.6 Å². The molecule has 0 spiro atoms. The number of benzene rings is 2. The van der Waals surface area contributed by atoms with E-state index in [9.17, 15) is 4.79 Å². The van der Waals surface area contributed by atoms with Gasteiger partial charge in [-0.25, -0.2) is 4.79 Å². The summed E-state index contributed by atoms with van der Waals surface area (Å²) in [5, 5.41) is 2.19. The van der Waals surface area contributed by atoms with Gasteiger partial charge >= 0.3 is 5.91 Å². The van der Waals surface area contributed by atoms with Crippen LogP contribution < -0.4 is 4.57 Å². The van der Waals surface area contributed by atoms with Crippen LogP contribution in [-0.4, -0.2) is 5.91 Å². The van der Waals surface area contributed by atoms with Crippen LogP contribution in [0.2, 0.25) is 0 Å². The number of rotatable bonds is 1. The molecule has 0 saturated heterocycles. The second-order valence-electron chi connectivity index (χ2n) is 4.15. The predicted molar refractivity (Wildman–Crippen MR) is 70.3 cm³/mol. The number of pyridine rings is 1. The molecule has 3 rings (SSSR count). The first-order valence-corrected chi connectivity index (χ1v) is 5.84. The zero-order chi connectivity index (χ0) is 12.4. The standard InChI is InChI=1S/C16H12NO/c18-16(14-7-2-1-3-8-14)17-11-10-13-6-4-5-9-15(13)12-17/h1-12H/q+1. The lowest BCUT2D eigenvalue weighted by Gasteiger charge is -1.97. The Morgan fingerprint density at radius 3 is 2.22 bits per heavy atom. The van der Waals surface area contributed by atoms with E-state index in [4.69, 9.17) is 0 Å². The summed E-state index contributed by atoms with van der Waals surface area (Å²) in [5.74, 6) is -0.0126. The van der Waals surface area contributed by atoms with Crippen LogP contribution in [0.25, 0.3) is 10.8 Å². The first-order valence-electron chi connectivity index (χ1n) is 5.84. The summed E-state index contributed by atoms with van der Waals surface area (Å²) in [5.41, 5.74) is 0.692. The molecule has 0 radical (unpaired) electrons. The summed E-state index contributed by atoms with van der Waals surface area (Å²) < 4.78 is 1.62. The minimum absolute atomic E-state index is 0.0126. The van der Waals surface area contributed by atoms with Crippen LogP contribution in [0.4, 0.5) is 0 Å². The molecule has 0 aliphatic rings. The normalized spacial score (nSPS) is 10.4. The molecule has 0 atom stereocenters. The van der Waals surface area contributed by atoms with Gasteiger partial charge in [0.1, 0.15) is 0 Å². The van der Waals surface area contributed by atoms with Crippen LogP contribution in [0.1, 0.15) is 10.4 Å². The summed E-state index contributed by atoms with van der Waals surface area (Å²) in [6.45, 7) is 0. The zero-order valence-electron chi connectivity index (χ0n) is 9.78. The molecule has 1 heterocycles. The SMILES string of the molecule is O=C(c1ccccc1)[n+]1ccc2ccccc2c1. The highest BCUT2D eigenvalue weighted by Gasteiger charge is 2.16. The fourth-order valence-corrected chi connectivity index (χ4v) is 1.99. The van der Waals surface area contributed by atoms with E-state index in [0.717, 1.165) is 10.8 Å². The van der Waals surface area contributed by atoms with Crippen molar-refractivity contribution < 1.29 is 9.36 Å². The summed E-state index contributed by atoms with van der Waals surface area (Å²) in [6, 6.07) is 19.2. The maximum absolute atomic E-state index is 12.3. The molecule has 0 aliphatic heterocycles. The fraction of sp³-hybridized carbons (Fsp3) is 0. The number of aromatic nitrogens is 1. The fourth-order valence-electron chi connectivity index (χ4n) is 1.99. The van der Waals surface area contributed by atoms with Crippen molar-refractivity contribution in [2.24, 2.45) is 0 Å². The van der Waals surface area contributed by atoms with Gasteiger partial charge in [-0.1, -0.05) is 36.4 Å². The Balaban J connectivity index is 2.07. The molecular weight excluding hydrogens is 222 g/mol. The van der Waals surface area contributed by atoms with E-state index in [-0.39, 0.29) is 5.91 Å². The van der Waals surface area contributed by atoms with Gasteiger partial charge < -0.3 is 0 Å². The van der Waals surface area contributed by atoms with E-state index in [1.54, 1.807) is 10.8 Å². The lowest BCUT2D eigenvalue weighted by atomic mass is 10.1. The quantitative estimate of drug-likeness (QED) is 0.593. The van der Waals surface area contributed by atoms with Gasteiger partial charge in [-0.05, 0) is 23.6 Å². The molecule has 0 bridgehead atoms. The summed E-state index contributed by atoms with van der Waals surface area (Å²) in [6.07, 6.45) is 3.67. The van der Waals surface area contributed by atoms with Gasteiger partial charge in [-0.3, -0.25) is 0 Å². The van der Waals surface area contributed by atoms with Crippen LogP contribution in [-0.2, 0) is 0 Å². The topological polar surface area (TPSA) is 20.9 Å². The minimum Gasteiger partial charge on any atom is -0.214 e.